The molecular weight excluding hydrogens is 257 g/mol. The van der Waals surface area contributed by atoms with E-state index in [4.69, 9.17) is 4.74 Å². The SMILES string of the molecule is COc1ccc([C@H](C)N=Cc2ccccc2O)cc1F. The molecule has 0 saturated heterocycles. The van der Waals surface area contributed by atoms with E-state index >= 15 is 0 Å². The van der Waals surface area contributed by atoms with Crippen LogP contribution >= 0.6 is 0 Å². The molecule has 0 unspecified atom stereocenters. The molecule has 0 heterocycles. The van der Waals surface area contributed by atoms with Crippen LogP contribution in [0.4, 0.5) is 4.39 Å². The van der Waals surface area contributed by atoms with Gasteiger partial charge in [0.2, 0.25) is 0 Å². The van der Waals surface area contributed by atoms with Crippen LogP contribution in [0, 0.1) is 5.82 Å². The van der Waals surface area contributed by atoms with Crippen LogP contribution in [0.2, 0.25) is 0 Å². The summed E-state index contributed by atoms with van der Waals surface area (Å²) in [5, 5.41) is 9.64. The number of phenolic OH excluding ortho intramolecular Hbond substituents is 1. The van der Waals surface area contributed by atoms with Gasteiger partial charge in [0.15, 0.2) is 11.6 Å². The van der Waals surface area contributed by atoms with Crippen molar-refractivity contribution in [2.75, 3.05) is 7.11 Å². The summed E-state index contributed by atoms with van der Waals surface area (Å²) in [6.45, 7) is 1.86. The van der Waals surface area contributed by atoms with Crippen LogP contribution in [0.5, 0.6) is 11.5 Å². The monoisotopic (exact) mass is 273 g/mol. The van der Waals surface area contributed by atoms with E-state index in [0.29, 0.717) is 5.56 Å². The maximum atomic E-state index is 13.6. The molecule has 0 aliphatic carbocycles. The standard InChI is InChI=1S/C16H16FNO2/c1-11(12-7-8-16(20-2)14(17)9-12)18-10-13-5-3-4-6-15(13)19/h3-11,19H,1-2H3/t11-/m0/s1. The minimum Gasteiger partial charge on any atom is -0.507 e. The number of para-hydroxylation sites is 1. The van der Waals surface area contributed by atoms with E-state index in [0.717, 1.165) is 5.56 Å². The average molecular weight is 273 g/mol. The molecule has 0 aliphatic rings. The molecule has 0 saturated carbocycles. The predicted molar refractivity (Wildman–Crippen MR) is 77.1 cm³/mol. The lowest BCUT2D eigenvalue weighted by Crippen LogP contribution is -1.95. The van der Waals surface area contributed by atoms with Crippen LogP contribution in [0.15, 0.2) is 47.5 Å². The van der Waals surface area contributed by atoms with Gasteiger partial charge in [0, 0.05) is 11.8 Å². The smallest absolute Gasteiger partial charge is 0.165 e. The van der Waals surface area contributed by atoms with Gasteiger partial charge in [0.1, 0.15) is 5.75 Å². The maximum absolute atomic E-state index is 13.6. The number of methoxy groups -OCH3 is 1. The molecule has 2 aromatic rings. The van der Waals surface area contributed by atoms with Crippen LogP contribution in [0.1, 0.15) is 24.1 Å². The number of aromatic hydroxyl groups is 1. The summed E-state index contributed by atoms with van der Waals surface area (Å²) < 4.78 is 18.5. The van der Waals surface area contributed by atoms with E-state index in [1.165, 1.54) is 13.2 Å². The molecule has 1 N–H and O–H groups in total. The lowest BCUT2D eigenvalue weighted by Gasteiger charge is -2.09. The van der Waals surface area contributed by atoms with Gasteiger partial charge in [-0.05, 0) is 36.8 Å². The molecule has 0 aliphatic heterocycles. The van der Waals surface area contributed by atoms with Crippen LogP contribution in [-0.2, 0) is 0 Å². The van der Waals surface area contributed by atoms with E-state index in [1.807, 2.05) is 13.0 Å². The van der Waals surface area contributed by atoms with Gasteiger partial charge in [-0.3, -0.25) is 4.99 Å². The van der Waals surface area contributed by atoms with Crippen LogP contribution in [0.3, 0.4) is 0 Å². The fourth-order valence-electron chi connectivity index (χ4n) is 1.82. The molecule has 0 amide bonds. The van der Waals surface area contributed by atoms with Crippen molar-refractivity contribution in [3.63, 3.8) is 0 Å². The minimum absolute atomic E-state index is 0.171. The number of ether oxygens (including phenoxy) is 1. The van der Waals surface area contributed by atoms with Gasteiger partial charge >= 0.3 is 0 Å². The number of hydrogen-bond donors (Lipinski definition) is 1. The zero-order chi connectivity index (χ0) is 14.5. The van der Waals surface area contributed by atoms with E-state index in [1.54, 1.807) is 36.5 Å². The van der Waals surface area contributed by atoms with Crippen LogP contribution < -0.4 is 4.74 Å². The summed E-state index contributed by atoms with van der Waals surface area (Å²) in [5.41, 5.74) is 1.38. The van der Waals surface area contributed by atoms with Crippen LogP contribution in [-0.4, -0.2) is 18.4 Å². The highest BCUT2D eigenvalue weighted by molar-refractivity contribution is 5.83. The molecule has 104 valence electrons. The third-order valence-corrected chi connectivity index (χ3v) is 3.03. The van der Waals surface area contributed by atoms with Crippen molar-refractivity contribution in [1.82, 2.24) is 0 Å². The molecule has 2 aromatic carbocycles. The highest BCUT2D eigenvalue weighted by Crippen LogP contribution is 2.24. The Bertz CT molecular complexity index is 626. The number of phenols is 1. The average Bonchev–Trinajstić information content (AvgIpc) is 2.46. The number of halogens is 1. The molecule has 20 heavy (non-hydrogen) atoms. The van der Waals surface area contributed by atoms with Gasteiger partial charge in [0.25, 0.3) is 0 Å². The Balaban J connectivity index is 2.18. The molecule has 3 nitrogen and oxygen atoms in total. The highest BCUT2D eigenvalue weighted by Gasteiger charge is 2.08. The topological polar surface area (TPSA) is 41.8 Å². The number of aliphatic imine (C=N–C) groups is 1. The highest BCUT2D eigenvalue weighted by atomic mass is 19.1. The zero-order valence-electron chi connectivity index (χ0n) is 11.4. The number of benzene rings is 2. The number of rotatable bonds is 4. The first-order valence-corrected chi connectivity index (χ1v) is 6.26. The number of nitrogens with zero attached hydrogens (tertiary/aromatic N) is 1. The Kier molecular flexibility index (Phi) is 4.35. The molecule has 0 fully saturated rings. The van der Waals surface area contributed by atoms with Gasteiger partial charge in [-0.1, -0.05) is 18.2 Å². The van der Waals surface area contributed by atoms with Crippen molar-refractivity contribution in [1.29, 1.82) is 0 Å². The minimum atomic E-state index is -0.408. The normalized spacial score (nSPS) is 12.6. The van der Waals surface area contributed by atoms with Gasteiger partial charge in [-0.15, -0.1) is 0 Å². The number of hydrogen-bond acceptors (Lipinski definition) is 3. The molecule has 0 bridgehead atoms. The summed E-state index contributed by atoms with van der Waals surface area (Å²) in [7, 11) is 1.43. The second-order valence-electron chi connectivity index (χ2n) is 4.41. The Morgan fingerprint density at radius 1 is 1.25 bits per heavy atom. The Morgan fingerprint density at radius 3 is 2.65 bits per heavy atom. The maximum Gasteiger partial charge on any atom is 0.165 e. The fraction of sp³-hybridized carbons (Fsp3) is 0.188. The van der Waals surface area contributed by atoms with E-state index in [2.05, 4.69) is 4.99 Å². The first kappa shape index (κ1) is 14.1. The van der Waals surface area contributed by atoms with E-state index < -0.39 is 5.82 Å². The molecular formula is C16H16FNO2. The van der Waals surface area contributed by atoms with Crippen molar-refractivity contribution >= 4 is 6.21 Å². The lowest BCUT2D eigenvalue weighted by atomic mass is 10.1. The first-order valence-electron chi connectivity index (χ1n) is 6.26. The van der Waals surface area contributed by atoms with Gasteiger partial charge in [0.05, 0.1) is 13.2 Å². The molecule has 0 spiro atoms. The van der Waals surface area contributed by atoms with Crippen molar-refractivity contribution < 1.29 is 14.2 Å². The van der Waals surface area contributed by atoms with Crippen LogP contribution in [0.25, 0.3) is 0 Å². The largest absolute Gasteiger partial charge is 0.507 e. The molecule has 0 radical (unpaired) electrons. The fourth-order valence-corrected chi connectivity index (χ4v) is 1.82. The molecule has 1 atom stereocenters. The Labute approximate surface area is 117 Å². The second-order valence-corrected chi connectivity index (χ2v) is 4.41. The van der Waals surface area contributed by atoms with Crippen molar-refractivity contribution in [2.45, 2.75) is 13.0 Å². The second kappa shape index (κ2) is 6.19. The predicted octanol–water partition coefficient (Wildman–Crippen LogP) is 3.72. The third kappa shape index (κ3) is 3.15. The summed E-state index contributed by atoms with van der Waals surface area (Å²) in [5.74, 6) is -0.0235. The van der Waals surface area contributed by atoms with Crippen molar-refractivity contribution in [3.05, 3.63) is 59.4 Å². The quantitative estimate of drug-likeness (QED) is 0.863. The van der Waals surface area contributed by atoms with Gasteiger partial charge in [-0.2, -0.15) is 0 Å². The summed E-state index contributed by atoms with van der Waals surface area (Å²) >= 11 is 0. The Hall–Kier alpha value is -2.36. The van der Waals surface area contributed by atoms with E-state index in [-0.39, 0.29) is 17.5 Å². The van der Waals surface area contributed by atoms with Gasteiger partial charge < -0.3 is 9.84 Å². The Morgan fingerprint density at radius 2 is 2.00 bits per heavy atom. The lowest BCUT2D eigenvalue weighted by molar-refractivity contribution is 0.386. The third-order valence-electron chi connectivity index (χ3n) is 3.03. The molecule has 4 heteroatoms. The van der Waals surface area contributed by atoms with Gasteiger partial charge in [-0.25, -0.2) is 4.39 Å². The molecule has 2 rings (SSSR count). The van der Waals surface area contributed by atoms with Crippen molar-refractivity contribution in [2.24, 2.45) is 4.99 Å². The first-order chi connectivity index (χ1) is 9.61. The summed E-state index contributed by atoms with van der Waals surface area (Å²) in [6, 6.07) is 11.5. The molecule has 0 aromatic heterocycles. The summed E-state index contributed by atoms with van der Waals surface area (Å²) in [4.78, 5) is 4.33. The zero-order valence-corrected chi connectivity index (χ0v) is 11.4. The van der Waals surface area contributed by atoms with E-state index in [9.17, 15) is 9.50 Å². The van der Waals surface area contributed by atoms with Crippen molar-refractivity contribution in [3.8, 4) is 11.5 Å². The summed E-state index contributed by atoms with van der Waals surface area (Å²) in [6.07, 6.45) is 1.59.